The molecule has 0 saturated carbocycles. The molecule has 0 amide bonds. The number of pyridine rings is 1. The van der Waals surface area contributed by atoms with Crippen molar-refractivity contribution in [2.24, 2.45) is 0 Å². The zero-order chi connectivity index (χ0) is 22.3. The van der Waals surface area contributed by atoms with Gasteiger partial charge in [-0.3, -0.25) is 4.40 Å². The summed E-state index contributed by atoms with van der Waals surface area (Å²) in [4.78, 5) is 8.21. The van der Waals surface area contributed by atoms with Crippen molar-refractivity contribution in [1.82, 2.24) is 19.5 Å². The Morgan fingerprint density at radius 1 is 1.06 bits per heavy atom. The van der Waals surface area contributed by atoms with Crippen molar-refractivity contribution >= 4 is 17.2 Å². The lowest BCUT2D eigenvalue weighted by molar-refractivity contribution is -0.136. The van der Waals surface area contributed by atoms with Gasteiger partial charge in [0.15, 0.2) is 17.9 Å². The van der Waals surface area contributed by atoms with Gasteiger partial charge < -0.3 is 13.7 Å². The molecule has 0 aliphatic carbocycles. The van der Waals surface area contributed by atoms with Crippen molar-refractivity contribution in [1.29, 1.82) is 0 Å². The lowest BCUT2D eigenvalue weighted by atomic mass is 10.1. The van der Waals surface area contributed by atoms with Crippen molar-refractivity contribution in [3.63, 3.8) is 0 Å². The van der Waals surface area contributed by atoms with Crippen molar-refractivity contribution in [2.75, 3.05) is 0 Å². The maximum Gasteiger partial charge on any atom is 0.420 e. The molecule has 7 nitrogen and oxygen atoms in total. The van der Waals surface area contributed by atoms with E-state index in [0.29, 0.717) is 11.3 Å². The smallest absolute Gasteiger partial charge is 0.420 e. The number of halogens is 4. The highest BCUT2D eigenvalue weighted by atomic mass is 35.5. The molecule has 0 aliphatic heterocycles. The van der Waals surface area contributed by atoms with Crippen LogP contribution in [0.4, 0.5) is 13.2 Å². The highest BCUT2D eigenvalue weighted by Crippen LogP contribution is 2.38. The molecule has 0 spiro atoms. The summed E-state index contributed by atoms with van der Waals surface area (Å²) < 4.78 is 58.1. The van der Waals surface area contributed by atoms with E-state index in [1.807, 2.05) is 18.2 Å². The first-order valence-electron chi connectivity index (χ1n) is 9.22. The number of hydrogen-bond donors (Lipinski definition) is 0. The van der Waals surface area contributed by atoms with E-state index in [0.717, 1.165) is 10.5 Å². The monoisotopic (exact) mass is 460 g/mol. The minimum Gasteiger partial charge on any atom is -0.485 e. The van der Waals surface area contributed by atoms with Crippen LogP contribution in [-0.4, -0.2) is 19.5 Å². The number of imidazole rings is 1. The van der Waals surface area contributed by atoms with Gasteiger partial charge in [0, 0.05) is 17.3 Å². The molecule has 0 unspecified atom stereocenters. The van der Waals surface area contributed by atoms with Crippen LogP contribution in [0.5, 0.6) is 5.75 Å². The lowest BCUT2D eigenvalue weighted by Gasteiger charge is -2.10. The van der Waals surface area contributed by atoms with Crippen LogP contribution in [0, 0.1) is 0 Å². The fourth-order valence-electron chi connectivity index (χ4n) is 3.12. The van der Waals surface area contributed by atoms with Crippen molar-refractivity contribution in [2.45, 2.75) is 12.8 Å². The predicted molar refractivity (Wildman–Crippen MR) is 107 cm³/mol. The first-order valence-corrected chi connectivity index (χ1v) is 9.60. The number of fused-ring (bicyclic) bond motifs is 1. The van der Waals surface area contributed by atoms with Gasteiger partial charge in [-0.1, -0.05) is 35.0 Å². The summed E-state index contributed by atoms with van der Waals surface area (Å²) >= 11 is 6.38. The number of aromatic nitrogens is 4. The normalized spacial score (nSPS) is 11.9. The quantitative estimate of drug-likeness (QED) is 0.325. The molecular weight excluding hydrogens is 449 g/mol. The Balaban J connectivity index is 1.54. The number of rotatable bonds is 5. The van der Waals surface area contributed by atoms with E-state index in [-0.39, 0.29) is 40.4 Å². The molecule has 0 N–H and O–H groups in total. The zero-order valence-electron chi connectivity index (χ0n) is 16.0. The summed E-state index contributed by atoms with van der Waals surface area (Å²) in [6.45, 7) is -0.00303. The number of para-hydroxylation sites is 1. The maximum absolute atomic E-state index is 13.8. The zero-order valence-corrected chi connectivity index (χ0v) is 16.8. The third kappa shape index (κ3) is 3.69. The Morgan fingerprint density at radius 2 is 1.88 bits per heavy atom. The molecule has 0 radical (unpaired) electrons. The van der Waals surface area contributed by atoms with Crippen molar-refractivity contribution in [3.05, 3.63) is 77.7 Å². The number of ether oxygens (including phenoxy) is 1. The average molecular weight is 461 g/mol. The minimum atomic E-state index is -4.67. The summed E-state index contributed by atoms with van der Waals surface area (Å²) in [6.07, 6.45) is -0.532. The van der Waals surface area contributed by atoms with Gasteiger partial charge in [-0.2, -0.15) is 18.2 Å². The van der Waals surface area contributed by atoms with Crippen LogP contribution in [0.25, 0.3) is 28.4 Å². The van der Waals surface area contributed by atoms with Gasteiger partial charge in [0.25, 0.3) is 5.89 Å². The van der Waals surface area contributed by atoms with Gasteiger partial charge in [0.05, 0.1) is 18.1 Å². The second kappa shape index (κ2) is 7.72. The number of hydrogen-bond acceptors (Lipinski definition) is 6. The SMILES string of the molecule is FC(F)(F)c1cc(-c2ccoc2)cn2c(Cl)c(-c3nc(COc4ccccc4)no3)nc12. The molecule has 0 fully saturated rings. The summed E-state index contributed by atoms with van der Waals surface area (Å²) in [5.41, 5.74) is -0.699. The fourth-order valence-corrected chi connectivity index (χ4v) is 3.37. The van der Waals surface area contributed by atoms with Gasteiger partial charge in [-0.25, -0.2) is 4.98 Å². The number of furan rings is 1. The molecule has 162 valence electrons. The summed E-state index contributed by atoms with van der Waals surface area (Å²) in [6, 6.07) is 11.5. The van der Waals surface area contributed by atoms with Crippen LogP contribution in [0.2, 0.25) is 5.15 Å². The summed E-state index contributed by atoms with van der Waals surface area (Å²) in [5, 5.41) is 3.69. The second-order valence-electron chi connectivity index (χ2n) is 6.71. The molecule has 32 heavy (non-hydrogen) atoms. The van der Waals surface area contributed by atoms with Crippen molar-refractivity contribution < 1.29 is 26.8 Å². The average Bonchev–Trinajstić information content (AvgIpc) is 3.52. The van der Waals surface area contributed by atoms with Gasteiger partial charge in [0.2, 0.25) is 5.82 Å². The Labute approximate surface area is 183 Å². The molecule has 0 aliphatic rings. The second-order valence-corrected chi connectivity index (χ2v) is 7.07. The van der Waals surface area contributed by atoms with Crippen LogP contribution < -0.4 is 4.74 Å². The molecule has 0 atom stereocenters. The van der Waals surface area contributed by atoms with E-state index in [2.05, 4.69) is 15.1 Å². The predicted octanol–water partition coefficient (Wildman–Crippen LogP) is 5.90. The lowest BCUT2D eigenvalue weighted by Crippen LogP contribution is -2.08. The van der Waals surface area contributed by atoms with Gasteiger partial charge in [-0.05, 0) is 24.3 Å². The van der Waals surface area contributed by atoms with Crippen LogP contribution in [0.3, 0.4) is 0 Å². The molecule has 4 heterocycles. The molecule has 1 aromatic carbocycles. The van der Waals surface area contributed by atoms with Crippen molar-refractivity contribution in [3.8, 4) is 28.5 Å². The topological polar surface area (TPSA) is 78.6 Å². The molecular formula is C21H12ClF3N4O3. The molecule has 0 saturated heterocycles. The highest BCUT2D eigenvalue weighted by Gasteiger charge is 2.36. The maximum atomic E-state index is 13.8. The molecule has 11 heteroatoms. The van der Waals surface area contributed by atoms with Gasteiger partial charge in [0.1, 0.15) is 10.9 Å². The van der Waals surface area contributed by atoms with E-state index >= 15 is 0 Å². The number of nitrogens with zero attached hydrogens (tertiary/aromatic N) is 4. The van der Waals surface area contributed by atoms with Gasteiger partial charge in [-0.15, -0.1) is 0 Å². The van der Waals surface area contributed by atoms with Crippen LogP contribution >= 0.6 is 11.6 Å². The van der Waals surface area contributed by atoms with E-state index < -0.39 is 11.7 Å². The Morgan fingerprint density at radius 3 is 2.59 bits per heavy atom. The van der Waals surface area contributed by atoms with Gasteiger partial charge >= 0.3 is 6.18 Å². The van der Waals surface area contributed by atoms with E-state index in [1.165, 1.54) is 18.7 Å². The van der Waals surface area contributed by atoms with Crippen LogP contribution in [0.1, 0.15) is 11.4 Å². The largest absolute Gasteiger partial charge is 0.485 e. The van der Waals surface area contributed by atoms with Crippen LogP contribution in [0.15, 0.2) is 70.1 Å². The van der Waals surface area contributed by atoms with E-state index in [1.54, 1.807) is 18.2 Å². The Bertz CT molecular complexity index is 1380. The standard InChI is InChI=1S/C21H12ClF3N4O3/c22-18-17(20-26-16(28-32-20)11-31-14-4-2-1-3-5-14)27-19-15(21(23,24)25)8-13(9-29(18)19)12-6-7-30-10-12/h1-10H,11H2. The highest BCUT2D eigenvalue weighted by molar-refractivity contribution is 6.32. The molecule has 4 aromatic heterocycles. The summed E-state index contributed by atoms with van der Waals surface area (Å²) in [5.74, 6) is 0.668. The van der Waals surface area contributed by atoms with E-state index in [9.17, 15) is 13.2 Å². The fraction of sp³-hybridized carbons (Fsp3) is 0.0952. The summed E-state index contributed by atoms with van der Waals surface area (Å²) in [7, 11) is 0. The first-order chi connectivity index (χ1) is 15.4. The van der Waals surface area contributed by atoms with Crippen LogP contribution in [-0.2, 0) is 12.8 Å². The number of benzene rings is 1. The third-order valence-corrected chi connectivity index (χ3v) is 4.96. The Kier molecular flexibility index (Phi) is 4.86. The first kappa shape index (κ1) is 20.1. The molecule has 0 bridgehead atoms. The minimum absolute atomic E-state index is 0.00303. The number of alkyl halides is 3. The molecule has 5 aromatic rings. The Hall–Kier alpha value is -3.79. The van der Waals surface area contributed by atoms with E-state index in [4.69, 9.17) is 25.3 Å². The third-order valence-electron chi connectivity index (χ3n) is 4.60. The molecule has 5 rings (SSSR count).